The number of ether oxygens (including phenoxy) is 1. The fourth-order valence-corrected chi connectivity index (χ4v) is 9.09. The number of esters is 1. The van der Waals surface area contributed by atoms with E-state index in [0.29, 0.717) is 43.9 Å². The van der Waals surface area contributed by atoms with Crippen LogP contribution in [0.3, 0.4) is 0 Å². The number of aromatic hydroxyl groups is 3. The molecular weight excluding hydrogens is 801 g/mol. The first-order valence-electron chi connectivity index (χ1n) is 22.4. The Kier molecular flexibility index (Phi) is 12.7. The number of phenolic OH excluding ortho intramolecular Hbond substituents is 3. The summed E-state index contributed by atoms with van der Waals surface area (Å²) < 4.78 is 5.20. The molecule has 7 rings (SSSR count). The summed E-state index contributed by atoms with van der Waals surface area (Å²) in [6, 6.07) is 29.1. The number of phenols is 3. The molecule has 0 radical (unpaired) electrons. The summed E-state index contributed by atoms with van der Waals surface area (Å²) in [4.78, 5) is 15.4. The van der Waals surface area contributed by atoms with Crippen molar-refractivity contribution in [2.24, 2.45) is 5.41 Å². The smallest absolute Gasteiger partial charge is 0.306 e. The lowest BCUT2D eigenvalue weighted by atomic mass is 9.66. The van der Waals surface area contributed by atoms with E-state index in [4.69, 9.17) is 14.9 Å². The van der Waals surface area contributed by atoms with Crippen molar-refractivity contribution in [2.75, 3.05) is 6.61 Å². The molecule has 2 aromatic heterocycles. The van der Waals surface area contributed by atoms with Crippen LogP contribution in [0.2, 0.25) is 0 Å². The topological polar surface area (TPSA) is 148 Å². The van der Waals surface area contributed by atoms with E-state index in [2.05, 4.69) is 84.6 Å². The molecule has 7 aromatic rings. The van der Waals surface area contributed by atoms with Crippen LogP contribution in [0.25, 0.3) is 27.8 Å². The zero-order valence-corrected chi connectivity index (χ0v) is 39.2. The second-order valence-corrected chi connectivity index (χ2v) is 20.6. The van der Waals surface area contributed by atoms with Crippen LogP contribution in [0.5, 0.6) is 17.2 Å². The first-order chi connectivity index (χ1) is 30.1. The molecule has 64 heavy (non-hydrogen) atoms. The largest absolute Gasteiger partial charge is 0.508 e. The molecule has 0 bridgehead atoms. The Balaban J connectivity index is 1.03. The van der Waals surface area contributed by atoms with Gasteiger partial charge in [0.15, 0.2) is 0 Å². The maximum absolute atomic E-state index is 12.2. The Morgan fingerprint density at radius 2 is 1.27 bits per heavy atom. The molecule has 0 fully saturated rings. The van der Waals surface area contributed by atoms with Gasteiger partial charge in [0.05, 0.1) is 13.2 Å². The molecule has 2 heterocycles. The zero-order valence-electron chi connectivity index (χ0n) is 39.2. The Bertz CT molecular complexity index is 2780. The third-order valence-electron chi connectivity index (χ3n) is 12.6. The van der Waals surface area contributed by atoms with E-state index < -0.39 is 0 Å². The number of nitrogens with zero attached hydrogens (tertiary/aromatic N) is 6. The average molecular weight is 865 g/mol. The van der Waals surface area contributed by atoms with E-state index in [-0.39, 0.29) is 39.1 Å². The van der Waals surface area contributed by atoms with Crippen LogP contribution >= 0.6 is 0 Å². The summed E-state index contributed by atoms with van der Waals surface area (Å²) in [5.74, 6) is 0.428. The van der Waals surface area contributed by atoms with E-state index in [1.165, 1.54) is 4.80 Å². The van der Waals surface area contributed by atoms with Gasteiger partial charge >= 0.3 is 5.97 Å². The predicted octanol–water partition coefficient (Wildman–Crippen LogP) is 11.2. The number of carbonyl (C=O) groups excluding carboxylic acids is 1. The van der Waals surface area contributed by atoms with E-state index in [1.54, 1.807) is 16.9 Å². The van der Waals surface area contributed by atoms with Gasteiger partial charge < -0.3 is 20.1 Å². The molecule has 0 aliphatic rings. The third kappa shape index (κ3) is 10.4. The van der Waals surface area contributed by atoms with Crippen LogP contribution in [0, 0.1) is 5.41 Å². The van der Waals surface area contributed by atoms with E-state index in [0.717, 1.165) is 80.3 Å². The lowest BCUT2D eigenvalue weighted by molar-refractivity contribution is -0.143. The second-order valence-electron chi connectivity index (χ2n) is 20.6. The number of fused-ring (bicyclic) bond motifs is 2. The highest BCUT2D eigenvalue weighted by Crippen LogP contribution is 2.46. The fraction of sp³-hybridized carbons (Fsp3) is 0.415. The van der Waals surface area contributed by atoms with Crippen molar-refractivity contribution in [2.45, 2.75) is 131 Å². The molecule has 0 atom stereocenters. The standard InChI is InChI=1S/C53H64N6O5/c1-11-64-48(62)23-18-36-27-39(50(2,3)4)49(63)40(28-36)52(7,8)25-24-51(5,6)33-53(9,10)38-19-22-46(60)37(31-38)32-58-54-43-20-16-34(29-44(43)55-58)26-35-17-21-47(61)45(30-35)59-56-41-14-12-13-15-42(41)57-59/h12-17,19-22,27-31,60-61,63H,11,18,23-26,32-33H2,1-10H3. The van der Waals surface area contributed by atoms with E-state index in [9.17, 15) is 20.1 Å². The average Bonchev–Trinajstić information content (AvgIpc) is 3.84. The number of aryl methyl sites for hydroxylation is 1. The fourth-order valence-electron chi connectivity index (χ4n) is 9.09. The monoisotopic (exact) mass is 864 g/mol. The van der Waals surface area contributed by atoms with Crippen LogP contribution in [0.15, 0.2) is 91.0 Å². The van der Waals surface area contributed by atoms with Crippen LogP contribution in [0.4, 0.5) is 0 Å². The molecule has 0 aliphatic carbocycles. The van der Waals surface area contributed by atoms with Crippen molar-refractivity contribution in [3.05, 3.63) is 130 Å². The van der Waals surface area contributed by atoms with Crippen molar-refractivity contribution in [3.63, 3.8) is 0 Å². The van der Waals surface area contributed by atoms with Crippen molar-refractivity contribution in [1.29, 1.82) is 0 Å². The maximum atomic E-state index is 12.2. The number of hydrogen-bond acceptors (Lipinski definition) is 9. The summed E-state index contributed by atoms with van der Waals surface area (Å²) >= 11 is 0. The van der Waals surface area contributed by atoms with Gasteiger partial charge in [-0.3, -0.25) is 4.79 Å². The van der Waals surface area contributed by atoms with Crippen LogP contribution < -0.4 is 0 Å². The minimum atomic E-state index is -0.332. The lowest BCUT2D eigenvalue weighted by Gasteiger charge is -2.38. The second kappa shape index (κ2) is 17.7. The van der Waals surface area contributed by atoms with Gasteiger partial charge in [0.1, 0.15) is 45.0 Å². The summed E-state index contributed by atoms with van der Waals surface area (Å²) in [7, 11) is 0. The van der Waals surface area contributed by atoms with Gasteiger partial charge in [-0.2, -0.15) is 15.0 Å². The number of hydrogen-bond donors (Lipinski definition) is 3. The van der Waals surface area contributed by atoms with Gasteiger partial charge in [-0.05, 0) is 137 Å². The molecule has 11 heteroatoms. The first kappa shape index (κ1) is 45.8. The van der Waals surface area contributed by atoms with Crippen molar-refractivity contribution < 1.29 is 24.9 Å². The molecule has 3 N–H and O–H groups in total. The Labute approximate surface area is 377 Å². The number of rotatable bonds is 16. The van der Waals surface area contributed by atoms with Crippen molar-refractivity contribution >= 4 is 28.0 Å². The van der Waals surface area contributed by atoms with Crippen LogP contribution in [0.1, 0.15) is 134 Å². The number of carbonyl (C=O) groups is 1. The molecule has 0 saturated carbocycles. The number of benzene rings is 5. The molecule has 0 aliphatic heterocycles. The highest BCUT2D eigenvalue weighted by atomic mass is 16.5. The highest BCUT2D eigenvalue weighted by Gasteiger charge is 2.35. The van der Waals surface area contributed by atoms with Gasteiger partial charge in [-0.1, -0.05) is 105 Å². The molecule has 0 saturated heterocycles. The van der Waals surface area contributed by atoms with Crippen molar-refractivity contribution in [3.8, 4) is 22.9 Å². The molecular formula is C53H64N6O5. The van der Waals surface area contributed by atoms with Crippen molar-refractivity contribution in [1.82, 2.24) is 30.0 Å². The molecule has 336 valence electrons. The van der Waals surface area contributed by atoms with E-state index in [1.807, 2.05) is 73.7 Å². The van der Waals surface area contributed by atoms with Gasteiger partial charge in [0.25, 0.3) is 0 Å². The summed E-state index contributed by atoms with van der Waals surface area (Å²) in [5.41, 5.74) is 9.37. The molecule has 11 nitrogen and oxygen atoms in total. The Hall–Kier alpha value is -6.23. The van der Waals surface area contributed by atoms with Crippen LogP contribution in [-0.2, 0) is 45.2 Å². The van der Waals surface area contributed by atoms with Gasteiger partial charge in [0.2, 0.25) is 0 Å². The minimum Gasteiger partial charge on any atom is -0.508 e. The Morgan fingerprint density at radius 3 is 1.95 bits per heavy atom. The van der Waals surface area contributed by atoms with E-state index >= 15 is 0 Å². The predicted molar refractivity (Wildman–Crippen MR) is 254 cm³/mol. The summed E-state index contributed by atoms with van der Waals surface area (Å²) in [6.45, 7) is 22.4. The molecule has 0 amide bonds. The molecule has 5 aromatic carbocycles. The zero-order chi connectivity index (χ0) is 46.2. The molecule has 0 unspecified atom stereocenters. The summed E-state index contributed by atoms with van der Waals surface area (Å²) in [5, 5.41) is 52.2. The van der Waals surface area contributed by atoms with Gasteiger partial charge in [-0.15, -0.1) is 15.0 Å². The third-order valence-corrected chi connectivity index (χ3v) is 12.6. The minimum absolute atomic E-state index is 0.0613. The van der Waals surface area contributed by atoms with Gasteiger partial charge in [-0.25, -0.2) is 0 Å². The molecule has 0 spiro atoms. The summed E-state index contributed by atoms with van der Waals surface area (Å²) in [6.07, 6.45) is 4.13. The normalized spacial score (nSPS) is 12.7. The quantitative estimate of drug-likeness (QED) is 0.0807. The van der Waals surface area contributed by atoms with Crippen LogP contribution in [-0.4, -0.2) is 57.9 Å². The highest BCUT2D eigenvalue weighted by molar-refractivity contribution is 5.75. The Morgan fingerprint density at radius 1 is 0.641 bits per heavy atom. The first-order valence-corrected chi connectivity index (χ1v) is 22.4. The maximum Gasteiger partial charge on any atom is 0.306 e. The lowest BCUT2D eigenvalue weighted by Crippen LogP contribution is -2.29. The van der Waals surface area contributed by atoms with Gasteiger partial charge in [0, 0.05) is 17.5 Å². The SMILES string of the molecule is CCOC(=O)CCc1cc(C(C)(C)C)c(O)c(C(C)(C)CCC(C)(C)CC(C)(C)c2ccc(O)c(Cn3nc4ccc(Cc5ccc(O)c(-n6nc7ccccc7n6)c5)cc4n3)c2)c1. The number of aromatic nitrogens is 6.